The number of carbonyl (C=O) groups excluding carboxylic acids is 1. The van der Waals surface area contributed by atoms with E-state index in [4.69, 9.17) is 5.73 Å². The van der Waals surface area contributed by atoms with Crippen LogP contribution in [-0.2, 0) is 11.3 Å². The van der Waals surface area contributed by atoms with E-state index in [2.05, 4.69) is 29.1 Å². The smallest absolute Gasteiger partial charge is 0.230 e. The Labute approximate surface area is 137 Å². The highest BCUT2D eigenvalue weighted by Crippen LogP contribution is 2.28. The number of rotatable bonds is 6. The van der Waals surface area contributed by atoms with Crippen molar-refractivity contribution in [3.05, 3.63) is 16.1 Å². The van der Waals surface area contributed by atoms with Crippen LogP contribution in [0.4, 0.5) is 0 Å². The van der Waals surface area contributed by atoms with E-state index in [1.54, 1.807) is 11.3 Å². The number of aryl methyl sites for hydroxylation is 1. The Balaban J connectivity index is 1.90. The van der Waals surface area contributed by atoms with Crippen LogP contribution in [0.5, 0.6) is 0 Å². The van der Waals surface area contributed by atoms with E-state index in [1.165, 1.54) is 0 Å². The molecule has 1 aromatic heterocycles. The van der Waals surface area contributed by atoms with Gasteiger partial charge in [-0.05, 0) is 19.8 Å². The van der Waals surface area contributed by atoms with Gasteiger partial charge in [0.05, 0.1) is 16.1 Å². The standard InChI is InChI=1S/C16H28N4OS/c1-4-16(5-2,12-17)15(21)20-8-6-19(7-9-20)10-14-11-22-13(3)18-14/h11H,4-10,12,17H2,1-3H3. The van der Waals surface area contributed by atoms with Gasteiger partial charge in [0, 0.05) is 44.6 Å². The summed E-state index contributed by atoms with van der Waals surface area (Å²) in [4.78, 5) is 21.7. The Hall–Kier alpha value is -0.980. The summed E-state index contributed by atoms with van der Waals surface area (Å²) in [7, 11) is 0. The zero-order valence-corrected chi connectivity index (χ0v) is 14.8. The summed E-state index contributed by atoms with van der Waals surface area (Å²) in [5, 5.41) is 3.24. The second-order valence-electron chi connectivity index (χ2n) is 6.12. The Kier molecular flexibility index (Phi) is 5.94. The van der Waals surface area contributed by atoms with E-state index in [1.807, 2.05) is 11.8 Å². The first-order valence-corrected chi connectivity index (χ1v) is 9.05. The minimum atomic E-state index is -0.367. The molecule has 1 fully saturated rings. The number of piperazine rings is 1. The molecule has 0 unspecified atom stereocenters. The maximum atomic E-state index is 12.8. The lowest BCUT2D eigenvalue weighted by Crippen LogP contribution is -2.54. The second kappa shape index (κ2) is 7.53. The third-order valence-corrected chi connectivity index (χ3v) is 5.73. The van der Waals surface area contributed by atoms with Crippen LogP contribution < -0.4 is 5.73 Å². The topological polar surface area (TPSA) is 62.5 Å². The fourth-order valence-electron chi connectivity index (χ4n) is 3.08. The molecule has 2 heterocycles. The summed E-state index contributed by atoms with van der Waals surface area (Å²) >= 11 is 1.69. The van der Waals surface area contributed by atoms with Gasteiger partial charge in [0.1, 0.15) is 0 Å². The highest BCUT2D eigenvalue weighted by atomic mass is 32.1. The van der Waals surface area contributed by atoms with Crippen LogP contribution in [0.3, 0.4) is 0 Å². The van der Waals surface area contributed by atoms with Crippen molar-refractivity contribution in [1.29, 1.82) is 0 Å². The molecule has 2 rings (SSSR count). The first-order valence-electron chi connectivity index (χ1n) is 8.17. The van der Waals surface area contributed by atoms with Crippen LogP contribution in [0, 0.1) is 12.3 Å². The van der Waals surface area contributed by atoms with Crippen LogP contribution in [0.15, 0.2) is 5.38 Å². The van der Waals surface area contributed by atoms with Crippen molar-refractivity contribution in [2.24, 2.45) is 11.1 Å². The van der Waals surface area contributed by atoms with E-state index < -0.39 is 0 Å². The highest BCUT2D eigenvalue weighted by molar-refractivity contribution is 7.09. The molecule has 2 N–H and O–H groups in total. The molecule has 0 aliphatic carbocycles. The summed E-state index contributed by atoms with van der Waals surface area (Å²) in [6, 6.07) is 0. The molecule has 0 spiro atoms. The minimum absolute atomic E-state index is 0.240. The van der Waals surface area contributed by atoms with E-state index >= 15 is 0 Å². The van der Waals surface area contributed by atoms with E-state index in [9.17, 15) is 4.79 Å². The molecule has 0 bridgehead atoms. The van der Waals surface area contributed by atoms with Crippen molar-refractivity contribution in [2.75, 3.05) is 32.7 Å². The van der Waals surface area contributed by atoms with Crippen molar-refractivity contribution in [3.8, 4) is 0 Å². The first kappa shape index (κ1) is 17.4. The van der Waals surface area contributed by atoms with Crippen molar-refractivity contribution >= 4 is 17.2 Å². The summed E-state index contributed by atoms with van der Waals surface area (Å²) in [6.07, 6.45) is 1.63. The minimum Gasteiger partial charge on any atom is -0.340 e. The van der Waals surface area contributed by atoms with Crippen LogP contribution in [0.2, 0.25) is 0 Å². The van der Waals surface area contributed by atoms with Crippen molar-refractivity contribution in [3.63, 3.8) is 0 Å². The normalized spacial score (nSPS) is 17.0. The third-order valence-electron chi connectivity index (χ3n) is 4.91. The molecule has 6 heteroatoms. The lowest BCUT2D eigenvalue weighted by atomic mass is 9.81. The molecule has 1 aliphatic rings. The van der Waals surface area contributed by atoms with Gasteiger partial charge in [0.15, 0.2) is 0 Å². The zero-order chi connectivity index (χ0) is 16.2. The molecule has 1 amide bonds. The average Bonchev–Trinajstić information content (AvgIpc) is 2.95. The molecule has 1 aromatic rings. The molecular weight excluding hydrogens is 296 g/mol. The molecule has 0 radical (unpaired) electrons. The largest absolute Gasteiger partial charge is 0.340 e. The summed E-state index contributed by atoms with van der Waals surface area (Å²) in [5.74, 6) is 0.240. The number of carbonyl (C=O) groups is 1. The van der Waals surface area contributed by atoms with Gasteiger partial charge in [-0.25, -0.2) is 4.98 Å². The molecule has 1 aliphatic heterocycles. The monoisotopic (exact) mass is 324 g/mol. The van der Waals surface area contributed by atoms with Crippen LogP contribution in [0.1, 0.15) is 37.4 Å². The predicted molar refractivity (Wildman–Crippen MR) is 90.8 cm³/mol. The van der Waals surface area contributed by atoms with Crippen LogP contribution in [0.25, 0.3) is 0 Å². The quantitative estimate of drug-likeness (QED) is 0.867. The number of amides is 1. The molecule has 22 heavy (non-hydrogen) atoms. The van der Waals surface area contributed by atoms with Gasteiger partial charge in [0.2, 0.25) is 5.91 Å². The van der Waals surface area contributed by atoms with Gasteiger partial charge in [0.25, 0.3) is 0 Å². The average molecular weight is 324 g/mol. The molecular formula is C16H28N4OS. The van der Waals surface area contributed by atoms with Gasteiger partial charge < -0.3 is 10.6 Å². The van der Waals surface area contributed by atoms with E-state index in [0.29, 0.717) is 6.54 Å². The maximum Gasteiger partial charge on any atom is 0.230 e. The summed E-state index contributed by atoms with van der Waals surface area (Å²) in [6.45, 7) is 10.9. The summed E-state index contributed by atoms with van der Waals surface area (Å²) < 4.78 is 0. The highest BCUT2D eigenvalue weighted by Gasteiger charge is 2.37. The third kappa shape index (κ3) is 3.67. The van der Waals surface area contributed by atoms with E-state index in [0.717, 1.165) is 56.3 Å². The molecule has 5 nitrogen and oxygen atoms in total. The number of thiazole rings is 1. The molecule has 0 saturated carbocycles. The fraction of sp³-hybridized carbons (Fsp3) is 0.750. The van der Waals surface area contributed by atoms with Gasteiger partial charge in [-0.1, -0.05) is 13.8 Å². The Morgan fingerprint density at radius 2 is 1.95 bits per heavy atom. The summed E-state index contributed by atoms with van der Waals surface area (Å²) in [5.41, 5.74) is 6.68. The lowest BCUT2D eigenvalue weighted by Gasteiger charge is -2.40. The first-order chi connectivity index (χ1) is 10.5. The molecule has 0 atom stereocenters. The van der Waals surface area contributed by atoms with E-state index in [-0.39, 0.29) is 11.3 Å². The Morgan fingerprint density at radius 3 is 2.41 bits per heavy atom. The van der Waals surface area contributed by atoms with Crippen LogP contribution >= 0.6 is 11.3 Å². The Bertz CT molecular complexity index is 482. The Morgan fingerprint density at radius 1 is 1.32 bits per heavy atom. The predicted octanol–water partition coefficient (Wildman–Crippen LogP) is 1.86. The van der Waals surface area contributed by atoms with Crippen LogP contribution in [-0.4, -0.2) is 53.4 Å². The van der Waals surface area contributed by atoms with Gasteiger partial charge in [-0.2, -0.15) is 0 Å². The van der Waals surface area contributed by atoms with Gasteiger partial charge in [-0.3, -0.25) is 9.69 Å². The number of hydrogen-bond acceptors (Lipinski definition) is 5. The lowest BCUT2D eigenvalue weighted by molar-refractivity contribution is -0.144. The number of hydrogen-bond donors (Lipinski definition) is 1. The second-order valence-corrected chi connectivity index (χ2v) is 7.18. The molecule has 1 saturated heterocycles. The molecule has 0 aromatic carbocycles. The van der Waals surface area contributed by atoms with Gasteiger partial charge >= 0.3 is 0 Å². The SMILES string of the molecule is CCC(CC)(CN)C(=O)N1CCN(Cc2csc(C)n2)CC1. The van der Waals surface area contributed by atoms with Crippen molar-refractivity contribution in [1.82, 2.24) is 14.8 Å². The number of nitrogens with two attached hydrogens (primary N) is 1. The number of nitrogens with zero attached hydrogens (tertiary/aromatic N) is 3. The van der Waals surface area contributed by atoms with Gasteiger partial charge in [-0.15, -0.1) is 11.3 Å². The maximum absolute atomic E-state index is 12.8. The van der Waals surface area contributed by atoms with Crippen molar-refractivity contribution < 1.29 is 4.79 Å². The number of aromatic nitrogens is 1. The fourth-order valence-corrected chi connectivity index (χ4v) is 3.69. The van der Waals surface area contributed by atoms with Crippen molar-refractivity contribution in [2.45, 2.75) is 40.2 Å². The zero-order valence-electron chi connectivity index (χ0n) is 14.0. The molecule has 124 valence electrons.